The van der Waals surface area contributed by atoms with Gasteiger partial charge in [-0.05, 0) is 48.6 Å². The predicted octanol–water partition coefficient (Wildman–Crippen LogP) is 5.08. The Morgan fingerprint density at radius 2 is 1.71 bits per heavy atom. The van der Waals surface area contributed by atoms with Crippen LogP contribution in [0.1, 0.15) is 52.8 Å². The van der Waals surface area contributed by atoms with Crippen LogP contribution in [0.5, 0.6) is 0 Å². The Morgan fingerprint density at radius 1 is 1.00 bits per heavy atom. The Morgan fingerprint density at radius 3 is 2.39 bits per heavy atom. The average molecular weight is 374 g/mol. The summed E-state index contributed by atoms with van der Waals surface area (Å²) in [6, 6.07) is 17.8. The zero-order valence-corrected chi connectivity index (χ0v) is 16.8. The number of amides is 1. The maximum atomic E-state index is 12.6. The highest BCUT2D eigenvalue weighted by molar-refractivity contribution is 6.03. The van der Waals surface area contributed by atoms with Crippen molar-refractivity contribution < 1.29 is 4.79 Å². The maximum Gasteiger partial charge on any atom is 0.274 e. The Bertz CT molecular complexity index is 965. The molecule has 0 aliphatic rings. The highest BCUT2D eigenvalue weighted by Gasteiger charge is 2.11. The van der Waals surface area contributed by atoms with Crippen LogP contribution in [0, 0.1) is 13.8 Å². The third-order valence-corrected chi connectivity index (χ3v) is 4.63. The molecule has 3 rings (SSSR count). The molecular formula is C23H26N4O. The van der Waals surface area contributed by atoms with Crippen molar-refractivity contribution in [1.29, 1.82) is 0 Å². The third-order valence-electron chi connectivity index (χ3n) is 4.63. The van der Waals surface area contributed by atoms with E-state index in [2.05, 4.69) is 53.5 Å². The van der Waals surface area contributed by atoms with Crippen molar-refractivity contribution in [1.82, 2.24) is 9.97 Å². The lowest BCUT2D eigenvalue weighted by Crippen LogP contribution is -2.16. The molecule has 0 fully saturated rings. The van der Waals surface area contributed by atoms with E-state index in [1.807, 2.05) is 36.4 Å². The van der Waals surface area contributed by atoms with E-state index in [-0.39, 0.29) is 5.91 Å². The zero-order valence-electron chi connectivity index (χ0n) is 16.8. The van der Waals surface area contributed by atoms with Crippen LogP contribution < -0.4 is 10.6 Å². The zero-order chi connectivity index (χ0) is 20.1. The van der Waals surface area contributed by atoms with Gasteiger partial charge in [0.05, 0.1) is 0 Å². The largest absolute Gasteiger partial charge is 0.366 e. The summed E-state index contributed by atoms with van der Waals surface area (Å²) in [5.74, 6) is 1.39. The molecule has 0 atom stereocenters. The lowest BCUT2D eigenvalue weighted by molar-refractivity contribution is 0.102. The van der Waals surface area contributed by atoms with E-state index in [1.165, 1.54) is 16.7 Å². The highest BCUT2D eigenvalue weighted by atomic mass is 16.1. The van der Waals surface area contributed by atoms with Crippen LogP contribution >= 0.6 is 0 Å². The quantitative estimate of drug-likeness (QED) is 0.631. The van der Waals surface area contributed by atoms with E-state index >= 15 is 0 Å². The molecule has 0 bridgehead atoms. The van der Waals surface area contributed by atoms with Gasteiger partial charge in [0.2, 0.25) is 0 Å². The van der Waals surface area contributed by atoms with Crippen molar-refractivity contribution in [3.63, 3.8) is 0 Å². The van der Waals surface area contributed by atoms with Crippen molar-refractivity contribution >= 4 is 17.4 Å². The van der Waals surface area contributed by atoms with Gasteiger partial charge in [-0.1, -0.05) is 50.2 Å². The number of carbonyl (C=O) groups excluding carboxylic acids is 1. The fourth-order valence-electron chi connectivity index (χ4n) is 2.92. The number of hydrogen-bond donors (Lipinski definition) is 2. The van der Waals surface area contributed by atoms with Crippen LogP contribution in [0.25, 0.3) is 0 Å². The van der Waals surface area contributed by atoms with Gasteiger partial charge in [-0.25, -0.2) is 9.97 Å². The molecule has 1 heterocycles. The number of anilines is 2. The van der Waals surface area contributed by atoms with E-state index in [0.29, 0.717) is 29.8 Å². The summed E-state index contributed by atoms with van der Waals surface area (Å²) in [6.07, 6.45) is 0. The van der Waals surface area contributed by atoms with E-state index in [0.717, 1.165) is 5.69 Å². The second-order valence-corrected chi connectivity index (χ2v) is 7.20. The first kappa shape index (κ1) is 19.5. The number of benzene rings is 2. The van der Waals surface area contributed by atoms with Gasteiger partial charge in [0.25, 0.3) is 5.91 Å². The Hall–Kier alpha value is -3.21. The molecular weight excluding hydrogens is 348 g/mol. The standard InChI is InChI=1S/C23H26N4O/c1-15(2)18-9-11-20(12-10-18)27-23(28)21-13-22(26-17(4)25-21)24-14-19-8-6-5-7-16(19)3/h5-13,15H,14H2,1-4H3,(H,27,28)(H,24,25,26). The highest BCUT2D eigenvalue weighted by Crippen LogP contribution is 2.18. The van der Waals surface area contributed by atoms with Crippen LogP contribution in [0.3, 0.4) is 0 Å². The summed E-state index contributed by atoms with van der Waals surface area (Å²) < 4.78 is 0. The van der Waals surface area contributed by atoms with Crippen molar-refractivity contribution in [3.05, 3.63) is 82.8 Å². The number of carbonyl (C=O) groups is 1. The fraction of sp³-hybridized carbons (Fsp3) is 0.261. The second-order valence-electron chi connectivity index (χ2n) is 7.20. The third kappa shape index (κ3) is 4.94. The summed E-state index contributed by atoms with van der Waals surface area (Å²) in [5, 5.41) is 6.20. The maximum absolute atomic E-state index is 12.6. The lowest BCUT2D eigenvalue weighted by atomic mass is 10.0. The Kier molecular flexibility index (Phi) is 6.04. The first-order valence-electron chi connectivity index (χ1n) is 9.48. The van der Waals surface area contributed by atoms with Gasteiger partial charge in [-0.3, -0.25) is 4.79 Å². The van der Waals surface area contributed by atoms with Gasteiger partial charge in [0.1, 0.15) is 17.3 Å². The van der Waals surface area contributed by atoms with E-state index in [1.54, 1.807) is 13.0 Å². The monoisotopic (exact) mass is 374 g/mol. The molecule has 0 spiro atoms. The second kappa shape index (κ2) is 8.65. The molecule has 0 aliphatic heterocycles. The first-order chi connectivity index (χ1) is 13.4. The van der Waals surface area contributed by atoms with Gasteiger partial charge in [-0.15, -0.1) is 0 Å². The topological polar surface area (TPSA) is 66.9 Å². The summed E-state index contributed by atoms with van der Waals surface area (Å²) in [4.78, 5) is 21.3. The number of aryl methyl sites for hydroxylation is 2. The van der Waals surface area contributed by atoms with E-state index < -0.39 is 0 Å². The average Bonchev–Trinajstić information content (AvgIpc) is 2.67. The van der Waals surface area contributed by atoms with Crippen molar-refractivity contribution in [2.45, 2.75) is 40.2 Å². The molecule has 5 heteroatoms. The summed E-state index contributed by atoms with van der Waals surface area (Å²) in [7, 11) is 0. The van der Waals surface area contributed by atoms with Crippen molar-refractivity contribution in [2.24, 2.45) is 0 Å². The normalized spacial score (nSPS) is 10.8. The predicted molar refractivity (Wildman–Crippen MR) is 114 cm³/mol. The molecule has 28 heavy (non-hydrogen) atoms. The SMILES string of the molecule is Cc1nc(NCc2ccccc2C)cc(C(=O)Nc2ccc(C(C)C)cc2)n1. The van der Waals surface area contributed by atoms with Crippen LogP contribution in [-0.2, 0) is 6.54 Å². The minimum atomic E-state index is -0.248. The minimum absolute atomic E-state index is 0.248. The molecule has 0 saturated heterocycles. The molecule has 3 aromatic rings. The molecule has 2 aromatic carbocycles. The van der Waals surface area contributed by atoms with Gasteiger partial charge in [-0.2, -0.15) is 0 Å². The van der Waals surface area contributed by atoms with Crippen molar-refractivity contribution in [3.8, 4) is 0 Å². The summed E-state index contributed by atoms with van der Waals surface area (Å²) >= 11 is 0. The number of nitrogens with one attached hydrogen (secondary N) is 2. The van der Waals surface area contributed by atoms with E-state index in [4.69, 9.17) is 0 Å². The Labute approximate surface area is 166 Å². The fourth-order valence-corrected chi connectivity index (χ4v) is 2.92. The minimum Gasteiger partial charge on any atom is -0.366 e. The van der Waals surface area contributed by atoms with Gasteiger partial charge >= 0.3 is 0 Å². The van der Waals surface area contributed by atoms with Gasteiger partial charge in [0.15, 0.2) is 0 Å². The van der Waals surface area contributed by atoms with Crippen molar-refractivity contribution in [2.75, 3.05) is 10.6 Å². The molecule has 1 aromatic heterocycles. The smallest absolute Gasteiger partial charge is 0.274 e. The molecule has 0 unspecified atom stereocenters. The molecule has 0 radical (unpaired) electrons. The Balaban J connectivity index is 1.71. The molecule has 0 aliphatic carbocycles. The van der Waals surface area contributed by atoms with Crippen LogP contribution in [0.4, 0.5) is 11.5 Å². The molecule has 2 N–H and O–H groups in total. The van der Waals surface area contributed by atoms with Crippen LogP contribution in [0.2, 0.25) is 0 Å². The number of aromatic nitrogens is 2. The summed E-state index contributed by atoms with van der Waals surface area (Å²) in [6.45, 7) is 8.78. The van der Waals surface area contributed by atoms with Crippen LogP contribution in [-0.4, -0.2) is 15.9 Å². The number of hydrogen-bond acceptors (Lipinski definition) is 4. The molecule has 5 nitrogen and oxygen atoms in total. The summed E-state index contributed by atoms with van der Waals surface area (Å²) in [5.41, 5.74) is 4.73. The van der Waals surface area contributed by atoms with Gasteiger partial charge < -0.3 is 10.6 Å². The van der Waals surface area contributed by atoms with E-state index in [9.17, 15) is 4.79 Å². The first-order valence-corrected chi connectivity index (χ1v) is 9.48. The van der Waals surface area contributed by atoms with Gasteiger partial charge in [0, 0.05) is 18.3 Å². The number of nitrogens with zero attached hydrogens (tertiary/aromatic N) is 2. The molecule has 144 valence electrons. The van der Waals surface area contributed by atoms with Crippen LogP contribution in [0.15, 0.2) is 54.6 Å². The molecule has 0 saturated carbocycles. The molecule has 1 amide bonds. The number of rotatable bonds is 6. The lowest BCUT2D eigenvalue weighted by Gasteiger charge is -2.11.